The van der Waals surface area contributed by atoms with E-state index in [9.17, 15) is 61.3 Å². The van der Waals surface area contributed by atoms with Crippen LogP contribution < -0.4 is 0 Å². The van der Waals surface area contributed by atoms with E-state index in [4.69, 9.17) is 42.6 Å². The van der Waals surface area contributed by atoms with E-state index in [1.807, 2.05) is 0 Å². The van der Waals surface area contributed by atoms with Crippen LogP contribution in [0.15, 0.2) is 0 Å². The summed E-state index contributed by atoms with van der Waals surface area (Å²) in [5.74, 6) is 0. The molecule has 25 atom stereocenters. The van der Waals surface area contributed by atoms with Crippen molar-refractivity contribution < 1.29 is 104 Å². The van der Waals surface area contributed by atoms with Crippen molar-refractivity contribution in [2.75, 3.05) is 0 Å². The molecule has 51 heavy (non-hydrogen) atoms. The summed E-state index contributed by atoms with van der Waals surface area (Å²) in [6, 6.07) is 0. The van der Waals surface area contributed by atoms with Crippen molar-refractivity contribution in [3.63, 3.8) is 0 Å². The molecule has 21 heteroatoms. The summed E-state index contributed by atoms with van der Waals surface area (Å²) in [7, 11) is 0. The van der Waals surface area contributed by atoms with Crippen LogP contribution in [0, 0.1) is 0 Å². The molecule has 0 aliphatic carbocycles. The molecule has 5 fully saturated rings. The van der Waals surface area contributed by atoms with E-state index in [2.05, 4.69) is 0 Å². The van der Waals surface area contributed by atoms with Gasteiger partial charge in [0.25, 0.3) is 0 Å². The van der Waals surface area contributed by atoms with Crippen LogP contribution in [-0.2, 0) is 42.6 Å². The summed E-state index contributed by atoms with van der Waals surface area (Å²) in [5.41, 5.74) is 0. The number of rotatable bonds is 8. The van der Waals surface area contributed by atoms with Crippen LogP contribution in [0.5, 0.6) is 0 Å². The predicted molar refractivity (Wildman–Crippen MR) is 159 cm³/mol. The van der Waals surface area contributed by atoms with Gasteiger partial charge in [-0.1, -0.05) is 0 Å². The molecule has 0 aromatic heterocycles. The molecule has 0 aromatic carbocycles. The minimum atomic E-state index is -1.88. The van der Waals surface area contributed by atoms with Gasteiger partial charge in [-0.05, 0) is 34.6 Å². The van der Waals surface area contributed by atoms with Crippen molar-refractivity contribution in [2.45, 2.75) is 188 Å². The lowest BCUT2D eigenvalue weighted by atomic mass is 9.95. The fraction of sp³-hybridized carbons (Fsp3) is 1.00. The van der Waals surface area contributed by atoms with Crippen LogP contribution in [0.2, 0.25) is 0 Å². The summed E-state index contributed by atoms with van der Waals surface area (Å²) >= 11 is 0. The molecule has 5 rings (SSSR count). The van der Waals surface area contributed by atoms with E-state index in [1.54, 1.807) is 0 Å². The monoisotopic (exact) mass is 748 g/mol. The molecule has 0 saturated carbocycles. The molecule has 0 radical (unpaired) electrons. The Balaban J connectivity index is 1.33. The van der Waals surface area contributed by atoms with E-state index >= 15 is 0 Å². The third-order valence-corrected chi connectivity index (χ3v) is 10.1. The molecule has 0 unspecified atom stereocenters. The number of aliphatic hydroxyl groups is 12. The van der Waals surface area contributed by atoms with Crippen LogP contribution in [-0.4, -0.2) is 215 Å². The van der Waals surface area contributed by atoms with Crippen LogP contribution in [0.1, 0.15) is 34.6 Å². The number of hydrogen-bond acceptors (Lipinski definition) is 21. The Morgan fingerprint density at radius 3 is 1.10 bits per heavy atom. The smallest absolute Gasteiger partial charge is 0.187 e. The van der Waals surface area contributed by atoms with E-state index < -0.39 is 154 Å². The highest BCUT2D eigenvalue weighted by molar-refractivity contribution is 4.98. The summed E-state index contributed by atoms with van der Waals surface area (Å²) < 4.78 is 51.2. The molecular weight excluding hydrogens is 696 g/mol. The minimum Gasteiger partial charge on any atom is -0.388 e. The zero-order valence-electron chi connectivity index (χ0n) is 28.5. The maximum atomic E-state index is 11.6. The SMILES string of the molecule is C[C@@H]1O[C@@H](O[C@@H]2[C@@H](O[C@@H]3O[C@@H](C)[C@H](O)[C@@H](O)[C@H]3O)[C@@H](O)[C@H](O[C@@H]3[C@@H](O)[C@@H](O)[C@H](O[C@@H]4[C@@H](O)[C@@H](O)[C@@H](C)O[C@H]4O)O[C@H]3C)O[C@H]2C)[C@H](O)[C@H](O)[C@H]1O. The molecule has 0 bridgehead atoms. The van der Waals surface area contributed by atoms with Crippen LogP contribution in [0.3, 0.4) is 0 Å². The Morgan fingerprint density at radius 2 is 0.588 bits per heavy atom. The quantitative estimate of drug-likeness (QED) is 0.110. The second kappa shape index (κ2) is 16.5. The first-order valence-electron chi connectivity index (χ1n) is 16.9. The summed E-state index contributed by atoms with van der Waals surface area (Å²) in [5, 5.41) is 127. The molecule has 5 heterocycles. The average molecular weight is 749 g/mol. The highest BCUT2D eigenvalue weighted by atomic mass is 16.8. The lowest BCUT2D eigenvalue weighted by Crippen LogP contribution is -2.67. The second-order valence-electron chi connectivity index (χ2n) is 13.9. The van der Waals surface area contributed by atoms with Crippen molar-refractivity contribution in [3.05, 3.63) is 0 Å². The van der Waals surface area contributed by atoms with E-state index in [1.165, 1.54) is 34.6 Å². The van der Waals surface area contributed by atoms with Crippen molar-refractivity contribution in [1.82, 2.24) is 0 Å². The van der Waals surface area contributed by atoms with Crippen molar-refractivity contribution in [2.24, 2.45) is 0 Å². The van der Waals surface area contributed by atoms with Crippen molar-refractivity contribution in [3.8, 4) is 0 Å². The minimum absolute atomic E-state index is 0.937. The standard InChI is InChI=1S/C30H52O21/c1-6-13(33)16(36)25(26(42)43-6)51-29-20(40)17(37)22(9(4)46-29)48-30-21(41)24(50-28-19(39)15(35)12(32)8(3)45-28)23(10(5)47-30)49-27-18(38)14(34)11(31)7(2)44-27/h6-42H,1-5H3/t6-,7+,8+,9+,10+,11+,12+,13+,14-,15-,16+,17+,18-,19-,20-,21-,22+,23+,24+,25-,26-,27+,28+,29+,30+/m1/s1. The molecule has 5 aliphatic rings. The van der Waals surface area contributed by atoms with Gasteiger partial charge in [-0.25, -0.2) is 0 Å². The van der Waals surface area contributed by atoms with Gasteiger partial charge in [0, 0.05) is 0 Å². The van der Waals surface area contributed by atoms with Gasteiger partial charge < -0.3 is 104 Å². The average Bonchev–Trinajstić information content (AvgIpc) is 3.08. The van der Waals surface area contributed by atoms with Crippen LogP contribution >= 0.6 is 0 Å². The molecular formula is C30H52O21. The molecule has 0 aromatic rings. The summed E-state index contributed by atoms with van der Waals surface area (Å²) in [6.45, 7) is 7.10. The van der Waals surface area contributed by atoms with Crippen LogP contribution in [0.4, 0.5) is 0 Å². The van der Waals surface area contributed by atoms with Gasteiger partial charge in [0.2, 0.25) is 0 Å². The van der Waals surface area contributed by atoms with Crippen molar-refractivity contribution in [1.29, 1.82) is 0 Å². The Hall–Kier alpha value is -0.840. The zero-order valence-corrected chi connectivity index (χ0v) is 28.5. The summed E-state index contributed by atoms with van der Waals surface area (Å²) in [6.07, 6.45) is -38.2. The van der Waals surface area contributed by atoms with E-state index in [0.717, 1.165) is 0 Å². The van der Waals surface area contributed by atoms with E-state index in [-0.39, 0.29) is 0 Å². The molecule has 5 aliphatic heterocycles. The van der Waals surface area contributed by atoms with E-state index in [0.29, 0.717) is 0 Å². The third kappa shape index (κ3) is 8.24. The van der Waals surface area contributed by atoms with Gasteiger partial charge in [-0.3, -0.25) is 0 Å². The predicted octanol–water partition coefficient (Wildman–Crippen LogP) is -6.79. The largest absolute Gasteiger partial charge is 0.388 e. The highest BCUT2D eigenvalue weighted by Gasteiger charge is 2.55. The number of hydrogen-bond donors (Lipinski definition) is 12. The molecule has 0 spiro atoms. The van der Waals surface area contributed by atoms with Gasteiger partial charge in [0.1, 0.15) is 91.6 Å². The van der Waals surface area contributed by atoms with Gasteiger partial charge in [-0.2, -0.15) is 0 Å². The fourth-order valence-electron chi connectivity index (χ4n) is 6.79. The number of aliphatic hydroxyl groups excluding tert-OH is 12. The Kier molecular flexibility index (Phi) is 13.4. The molecule has 12 N–H and O–H groups in total. The van der Waals surface area contributed by atoms with Gasteiger partial charge >= 0.3 is 0 Å². The Morgan fingerprint density at radius 1 is 0.275 bits per heavy atom. The maximum absolute atomic E-state index is 11.6. The first-order chi connectivity index (χ1) is 23.8. The second-order valence-corrected chi connectivity index (χ2v) is 13.9. The van der Waals surface area contributed by atoms with Crippen LogP contribution in [0.25, 0.3) is 0 Å². The first-order valence-corrected chi connectivity index (χ1v) is 16.9. The molecule has 21 nitrogen and oxygen atoms in total. The van der Waals surface area contributed by atoms with Gasteiger partial charge in [0.15, 0.2) is 31.5 Å². The topological polar surface area (TPSA) is 326 Å². The normalized spacial score (nSPS) is 57.2. The molecule has 0 amide bonds. The zero-order chi connectivity index (χ0) is 37.8. The summed E-state index contributed by atoms with van der Waals surface area (Å²) in [4.78, 5) is 0. The Bertz CT molecular complexity index is 1120. The van der Waals surface area contributed by atoms with Gasteiger partial charge in [0.05, 0.1) is 30.5 Å². The maximum Gasteiger partial charge on any atom is 0.187 e. The lowest BCUT2D eigenvalue weighted by Gasteiger charge is -2.50. The molecule has 5 saturated heterocycles. The number of ether oxygens (including phenoxy) is 9. The van der Waals surface area contributed by atoms with Gasteiger partial charge in [-0.15, -0.1) is 0 Å². The first kappa shape index (κ1) is 41.3. The third-order valence-electron chi connectivity index (χ3n) is 10.1. The molecule has 298 valence electrons. The highest BCUT2D eigenvalue weighted by Crippen LogP contribution is 2.36. The Labute approximate surface area is 292 Å². The van der Waals surface area contributed by atoms with Crippen molar-refractivity contribution >= 4 is 0 Å². The fourth-order valence-corrected chi connectivity index (χ4v) is 6.79. The lowest BCUT2D eigenvalue weighted by molar-refractivity contribution is -0.398.